The van der Waals surface area contributed by atoms with Gasteiger partial charge in [-0.2, -0.15) is 4.68 Å². The number of hydrogen-bond donors (Lipinski definition) is 3. The smallest absolute Gasteiger partial charge is 0.340 e. The van der Waals surface area contributed by atoms with E-state index < -0.39 is 23.4 Å². The van der Waals surface area contributed by atoms with Gasteiger partial charge in [0.05, 0.1) is 30.0 Å². The van der Waals surface area contributed by atoms with Crippen LogP contribution >= 0.6 is 11.8 Å². The largest absolute Gasteiger partial charge is 0.481 e. The highest BCUT2D eigenvalue weighted by molar-refractivity contribution is 7.99. The molecular weight excluding hydrogens is 402 g/mol. The monoisotopic (exact) mass is 421 g/mol. The third kappa shape index (κ3) is 6.04. The number of nitrogen functional groups attached to an aromatic ring is 1. The van der Waals surface area contributed by atoms with E-state index in [9.17, 15) is 19.2 Å². The van der Waals surface area contributed by atoms with Gasteiger partial charge in [0.15, 0.2) is 0 Å². The lowest BCUT2D eigenvalue weighted by molar-refractivity contribution is -0.137. The molecule has 0 atom stereocenters. The van der Waals surface area contributed by atoms with Gasteiger partial charge in [-0.15, -0.1) is 10.2 Å². The molecular formula is C17H19N5O6S. The van der Waals surface area contributed by atoms with Crippen molar-refractivity contribution >= 4 is 35.3 Å². The summed E-state index contributed by atoms with van der Waals surface area (Å²) in [5.74, 6) is 3.41. The average Bonchev–Trinajstić information content (AvgIpc) is 2.68. The van der Waals surface area contributed by atoms with Crippen LogP contribution in [0.25, 0.3) is 0 Å². The second-order valence-electron chi connectivity index (χ2n) is 5.60. The van der Waals surface area contributed by atoms with E-state index in [1.165, 1.54) is 6.07 Å². The molecule has 1 heterocycles. The predicted octanol–water partition coefficient (Wildman–Crippen LogP) is 0.277. The van der Waals surface area contributed by atoms with Crippen molar-refractivity contribution in [1.29, 1.82) is 0 Å². The van der Waals surface area contributed by atoms with Crippen molar-refractivity contribution in [3.8, 4) is 0 Å². The van der Waals surface area contributed by atoms with E-state index in [1.807, 2.05) is 0 Å². The maximum Gasteiger partial charge on any atom is 0.340 e. The number of ether oxygens (including phenoxy) is 1. The molecule has 154 valence electrons. The molecule has 0 radical (unpaired) electrons. The van der Waals surface area contributed by atoms with Crippen LogP contribution in [-0.4, -0.2) is 50.2 Å². The molecule has 0 aliphatic rings. The maximum atomic E-state index is 12.2. The van der Waals surface area contributed by atoms with E-state index >= 15 is 0 Å². The van der Waals surface area contributed by atoms with Crippen LogP contribution in [0.2, 0.25) is 0 Å². The molecule has 0 saturated carbocycles. The van der Waals surface area contributed by atoms with Crippen LogP contribution < -0.4 is 16.7 Å². The Morgan fingerprint density at radius 1 is 1.28 bits per heavy atom. The number of anilines is 1. The first kappa shape index (κ1) is 21.9. The fourth-order valence-electron chi connectivity index (χ4n) is 2.20. The summed E-state index contributed by atoms with van der Waals surface area (Å²) >= 11 is 0.866. The highest BCUT2D eigenvalue weighted by Crippen LogP contribution is 2.18. The van der Waals surface area contributed by atoms with Gasteiger partial charge in [-0.3, -0.25) is 14.4 Å². The van der Waals surface area contributed by atoms with Crippen LogP contribution in [-0.2, 0) is 20.7 Å². The molecule has 1 aromatic heterocycles. The highest BCUT2D eigenvalue weighted by atomic mass is 32.2. The standard InChI is InChI=1S/C17H19N5O6S/c1-2-28-16(27)10-5-3-4-6-11(10)19-13(23)9-29-17-21-20-12(7-8-14(24)25)15(26)22(17)18/h3-6H,2,7-9,18H2,1H3,(H,19,23)(H,24,25). The highest BCUT2D eigenvalue weighted by Gasteiger charge is 2.16. The second kappa shape index (κ2) is 10.2. The molecule has 0 aliphatic heterocycles. The number of hydrogen-bond acceptors (Lipinski definition) is 9. The number of para-hydroxylation sites is 1. The molecule has 2 aromatic rings. The van der Waals surface area contributed by atoms with Gasteiger partial charge in [-0.1, -0.05) is 23.9 Å². The van der Waals surface area contributed by atoms with Crippen molar-refractivity contribution in [2.75, 3.05) is 23.5 Å². The number of nitrogens with two attached hydrogens (primary N) is 1. The van der Waals surface area contributed by atoms with Crippen LogP contribution in [0.5, 0.6) is 0 Å². The first-order valence-corrected chi connectivity index (χ1v) is 9.46. The van der Waals surface area contributed by atoms with E-state index in [2.05, 4.69) is 15.5 Å². The summed E-state index contributed by atoms with van der Waals surface area (Å²) in [5, 5.41) is 18.7. The Balaban J connectivity index is 2.03. The van der Waals surface area contributed by atoms with Crippen molar-refractivity contribution in [2.45, 2.75) is 24.9 Å². The van der Waals surface area contributed by atoms with E-state index in [0.29, 0.717) is 4.68 Å². The number of aryl methyl sites for hydroxylation is 1. The number of carboxylic acids is 1. The lowest BCUT2D eigenvalue weighted by Gasteiger charge is -2.10. The molecule has 2 rings (SSSR count). The Bertz CT molecular complexity index is 977. The number of amides is 1. The number of carbonyl (C=O) groups excluding carboxylic acids is 2. The lowest BCUT2D eigenvalue weighted by atomic mass is 10.2. The van der Waals surface area contributed by atoms with E-state index in [0.717, 1.165) is 11.8 Å². The van der Waals surface area contributed by atoms with Gasteiger partial charge in [-0.05, 0) is 19.1 Å². The summed E-state index contributed by atoms with van der Waals surface area (Å²) in [6, 6.07) is 6.39. The number of nitrogens with zero attached hydrogens (tertiary/aromatic N) is 3. The minimum Gasteiger partial charge on any atom is -0.481 e. The molecule has 1 aromatic carbocycles. The Morgan fingerprint density at radius 3 is 2.69 bits per heavy atom. The third-order valence-corrected chi connectivity index (χ3v) is 4.48. The van der Waals surface area contributed by atoms with Crippen molar-refractivity contribution in [2.24, 2.45) is 0 Å². The van der Waals surface area contributed by atoms with Crippen LogP contribution in [0.3, 0.4) is 0 Å². The molecule has 12 heteroatoms. The van der Waals surface area contributed by atoms with Crippen LogP contribution in [0, 0.1) is 0 Å². The minimum atomic E-state index is -1.08. The van der Waals surface area contributed by atoms with Crippen molar-refractivity contribution in [3.63, 3.8) is 0 Å². The third-order valence-electron chi connectivity index (χ3n) is 3.53. The summed E-state index contributed by atoms with van der Waals surface area (Å²) < 4.78 is 5.67. The van der Waals surface area contributed by atoms with E-state index in [-0.39, 0.29) is 47.3 Å². The summed E-state index contributed by atoms with van der Waals surface area (Å²) in [5.41, 5.74) is -0.258. The van der Waals surface area contributed by atoms with Gasteiger partial charge in [0, 0.05) is 6.42 Å². The van der Waals surface area contributed by atoms with Gasteiger partial charge >= 0.3 is 11.9 Å². The Morgan fingerprint density at radius 2 is 2.00 bits per heavy atom. The summed E-state index contributed by atoms with van der Waals surface area (Å²) in [7, 11) is 0. The minimum absolute atomic E-state index is 0.0112. The number of nitrogens with one attached hydrogen (secondary N) is 1. The zero-order chi connectivity index (χ0) is 21.4. The normalized spacial score (nSPS) is 10.4. The van der Waals surface area contributed by atoms with Gasteiger partial charge in [-0.25, -0.2) is 4.79 Å². The average molecular weight is 421 g/mol. The number of carboxylic acid groups (broad SMARTS) is 1. The molecule has 11 nitrogen and oxygen atoms in total. The molecule has 0 spiro atoms. The topological polar surface area (TPSA) is 167 Å². The molecule has 0 saturated heterocycles. The summed E-state index contributed by atoms with van der Waals surface area (Å²) in [6.45, 7) is 1.88. The summed E-state index contributed by atoms with van der Waals surface area (Å²) in [4.78, 5) is 46.9. The molecule has 1 amide bonds. The molecule has 0 fully saturated rings. The zero-order valence-corrected chi connectivity index (χ0v) is 16.3. The van der Waals surface area contributed by atoms with Gasteiger partial charge in [0.2, 0.25) is 11.1 Å². The van der Waals surface area contributed by atoms with Crippen LogP contribution in [0.1, 0.15) is 29.4 Å². The SMILES string of the molecule is CCOC(=O)c1ccccc1NC(=O)CSc1nnc(CCC(=O)O)c(=O)n1N. The Labute approximate surface area is 169 Å². The molecule has 0 bridgehead atoms. The molecule has 0 aliphatic carbocycles. The Hall–Kier alpha value is -3.41. The predicted molar refractivity (Wildman–Crippen MR) is 104 cm³/mol. The van der Waals surface area contributed by atoms with Crippen LogP contribution in [0.4, 0.5) is 5.69 Å². The fourth-order valence-corrected chi connectivity index (χ4v) is 2.85. The maximum absolute atomic E-state index is 12.2. The number of esters is 1. The number of thioether (sulfide) groups is 1. The number of benzene rings is 1. The number of carbonyl (C=O) groups is 3. The molecule has 4 N–H and O–H groups in total. The first-order chi connectivity index (χ1) is 13.8. The lowest BCUT2D eigenvalue weighted by Crippen LogP contribution is -2.34. The zero-order valence-electron chi connectivity index (χ0n) is 15.5. The van der Waals surface area contributed by atoms with Crippen molar-refractivity contribution in [3.05, 3.63) is 45.9 Å². The molecule has 29 heavy (non-hydrogen) atoms. The number of aromatic nitrogens is 3. The Kier molecular flexibility index (Phi) is 7.71. The van der Waals surface area contributed by atoms with Gasteiger partial charge in [0.25, 0.3) is 5.56 Å². The first-order valence-electron chi connectivity index (χ1n) is 8.47. The second-order valence-corrected chi connectivity index (χ2v) is 6.54. The fraction of sp³-hybridized carbons (Fsp3) is 0.294. The number of aliphatic carboxylic acids is 1. The van der Waals surface area contributed by atoms with Gasteiger partial charge in [0.1, 0.15) is 5.69 Å². The summed E-state index contributed by atoms with van der Waals surface area (Å²) in [6.07, 6.45) is -0.382. The van der Waals surface area contributed by atoms with Crippen LogP contribution in [0.15, 0.2) is 34.2 Å². The van der Waals surface area contributed by atoms with Crippen molar-refractivity contribution in [1.82, 2.24) is 14.9 Å². The molecule has 0 unspecified atom stereocenters. The number of rotatable bonds is 9. The quantitative estimate of drug-likeness (QED) is 0.290. The van der Waals surface area contributed by atoms with E-state index in [4.69, 9.17) is 15.7 Å². The van der Waals surface area contributed by atoms with Crippen molar-refractivity contribution < 1.29 is 24.2 Å². The van der Waals surface area contributed by atoms with E-state index in [1.54, 1.807) is 25.1 Å². The van der Waals surface area contributed by atoms with Gasteiger partial charge < -0.3 is 21.0 Å².